The summed E-state index contributed by atoms with van der Waals surface area (Å²) in [6.45, 7) is 3.07. The maximum absolute atomic E-state index is 12.1. The second-order valence-electron chi connectivity index (χ2n) is 5.75. The number of amides is 1. The van der Waals surface area contributed by atoms with Crippen LogP contribution in [0.15, 0.2) is 42.6 Å². The minimum Gasteiger partial charge on any atom is -0.451 e. The lowest BCUT2D eigenvalue weighted by atomic mass is 10.0. The van der Waals surface area contributed by atoms with Gasteiger partial charge < -0.3 is 15.0 Å². The number of hydrogen-bond donors (Lipinski definition) is 2. The molecule has 0 spiro atoms. The van der Waals surface area contributed by atoms with Gasteiger partial charge in [-0.2, -0.15) is 0 Å². The lowest BCUT2D eigenvalue weighted by Crippen LogP contribution is -2.32. The van der Waals surface area contributed by atoms with Crippen molar-refractivity contribution in [2.24, 2.45) is 0 Å². The van der Waals surface area contributed by atoms with E-state index in [4.69, 9.17) is 4.74 Å². The smallest absolute Gasteiger partial charge is 0.355 e. The minimum atomic E-state index is -0.672. The number of nitrogens with one attached hydrogen (secondary N) is 2. The number of Topliss-reactive ketones (excluding diaryl/α,β-unsaturated/α-hetero) is 1. The number of ketones is 1. The van der Waals surface area contributed by atoms with Gasteiger partial charge in [0.05, 0.1) is 6.04 Å². The minimum absolute atomic E-state index is 0.118. The molecule has 1 amide bonds. The van der Waals surface area contributed by atoms with Gasteiger partial charge in [0, 0.05) is 11.8 Å². The first-order valence-corrected chi connectivity index (χ1v) is 8.22. The molecular formula is C19H22N2O4. The molecule has 6 heteroatoms. The van der Waals surface area contributed by atoms with Crippen molar-refractivity contribution in [1.82, 2.24) is 10.3 Å². The second kappa shape index (κ2) is 8.82. The molecule has 0 unspecified atom stereocenters. The van der Waals surface area contributed by atoms with Crippen LogP contribution < -0.4 is 5.32 Å². The van der Waals surface area contributed by atoms with Gasteiger partial charge >= 0.3 is 5.97 Å². The van der Waals surface area contributed by atoms with Crippen molar-refractivity contribution < 1.29 is 19.1 Å². The Kier molecular flexibility index (Phi) is 6.51. The third-order valence-corrected chi connectivity index (χ3v) is 3.76. The monoisotopic (exact) mass is 342 g/mol. The van der Waals surface area contributed by atoms with Gasteiger partial charge in [0.15, 0.2) is 12.4 Å². The molecule has 2 rings (SSSR count). The molecule has 1 aromatic carbocycles. The highest BCUT2D eigenvalue weighted by Crippen LogP contribution is 2.17. The van der Waals surface area contributed by atoms with Crippen molar-refractivity contribution in [3.8, 4) is 0 Å². The van der Waals surface area contributed by atoms with Crippen LogP contribution in [0.2, 0.25) is 0 Å². The van der Waals surface area contributed by atoms with Gasteiger partial charge in [0.2, 0.25) is 0 Å². The number of H-pyrrole nitrogens is 1. The van der Waals surface area contributed by atoms with Crippen molar-refractivity contribution in [1.29, 1.82) is 0 Å². The van der Waals surface area contributed by atoms with Crippen LogP contribution >= 0.6 is 0 Å². The SMILES string of the molecule is CCC[C@H](NC(=O)COC(=O)c1cc(C(C)=O)c[nH]1)c1ccccc1. The van der Waals surface area contributed by atoms with Crippen molar-refractivity contribution in [3.05, 3.63) is 59.4 Å². The first-order valence-electron chi connectivity index (χ1n) is 8.22. The Hall–Kier alpha value is -2.89. The first-order chi connectivity index (χ1) is 12.0. The number of esters is 1. The molecular weight excluding hydrogens is 320 g/mol. The zero-order valence-corrected chi connectivity index (χ0v) is 14.4. The summed E-state index contributed by atoms with van der Waals surface area (Å²) in [7, 11) is 0. The van der Waals surface area contributed by atoms with E-state index >= 15 is 0 Å². The lowest BCUT2D eigenvalue weighted by molar-refractivity contribution is -0.125. The van der Waals surface area contributed by atoms with Gasteiger partial charge in [-0.1, -0.05) is 43.7 Å². The van der Waals surface area contributed by atoms with Gasteiger partial charge in [-0.15, -0.1) is 0 Å². The summed E-state index contributed by atoms with van der Waals surface area (Å²) >= 11 is 0. The second-order valence-corrected chi connectivity index (χ2v) is 5.75. The maximum Gasteiger partial charge on any atom is 0.355 e. The van der Waals surface area contributed by atoms with E-state index in [0.717, 1.165) is 18.4 Å². The van der Waals surface area contributed by atoms with E-state index in [-0.39, 0.29) is 30.0 Å². The lowest BCUT2D eigenvalue weighted by Gasteiger charge is -2.18. The molecule has 1 aromatic heterocycles. The third kappa shape index (κ3) is 5.31. The van der Waals surface area contributed by atoms with Gasteiger partial charge in [-0.3, -0.25) is 9.59 Å². The fourth-order valence-electron chi connectivity index (χ4n) is 2.46. The molecule has 0 aliphatic heterocycles. The molecule has 0 radical (unpaired) electrons. The molecule has 2 N–H and O–H groups in total. The molecule has 0 fully saturated rings. The number of carbonyl (C=O) groups excluding carboxylic acids is 3. The van der Waals surface area contributed by atoms with Crippen LogP contribution in [-0.2, 0) is 9.53 Å². The average molecular weight is 342 g/mol. The standard InChI is InChI=1S/C19H22N2O4/c1-3-7-16(14-8-5-4-6-9-14)21-18(23)12-25-19(24)17-10-15(11-20-17)13(2)22/h4-6,8-11,16,20H,3,7,12H2,1-2H3,(H,21,23)/t16-/m0/s1. The van der Waals surface area contributed by atoms with Crippen LogP contribution in [0.3, 0.4) is 0 Å². The molecule has 0 saturated heterocycles. The molecule has 0 aliphatic carbocycles. The van der Waals surface area contributed by atoms with Gasteiger partial charge in [0.25, 0.3) is 5.91 Å². The molecule has 6 nitrogen and oxygen atoms in total. The van der Waals surface area contributed by atoms with E-state index in [1.807, 2.05) is 37.3 Å². The first kappa shape index (κ1) is 18.4. The number of ether oxygens (including phenoxy) is 1. The van der Waals surface area contributed by atoms with Crippen molar-refractivity contribution in [2.45, 2.75) is 32.7 Å². The molecule has 132 valence electrons. The molecule has 1 atom stereocenters. The molecule has 0 bridgehead atoms. The van der Waals surface area contributed by atoms with E-state index in [0.29, 0.717) is 5.56 Å². The summed E-state index contributed by atoms with van der Waals surface area (Å²) in [4.78, 5) is 37.9. The predicted octanol–water partition coefficient (Wildman–Crippen LogP) is 3.03. The van der Waals surface area contributed by atoms with Gasteiger partial charge in [-0.05, 0) is 25.0 Å². The summed E-state index contributed by atoms with van der Waals surface area (Å²) in [5, 5.41) is 2.88. The zero-order valence-electron chi connectivity index (χ0n) is 14.4. The molecule has 1 heterocycles. The average Bonchev–Trinajstić information content (AvgIpc) is 3.10. The summed E-state index contributed by atoms with van der Waals surface area (Å²) in [5.74, 6) is -1.19. The van der Waals surface area contributed by atoms with Crippen LogP contribution in [0.5, 0.6) is 0 Å². The number of rotatable bonds is 8. The Morgan fingerprint density at radius 2 is 1.92 bits per heavy atom. The third-order valence-electron chi connectivity index (χ3n) is 3.76. The Morgan fingerprint density at radius 1 is 1.20 bits per heavy atom. The molecule has 2 aromatic rings. The van der Waals surface area contributed by atoms with Crippen LogP contribution in [0, 0.1) is 0 Å². The highest BCUT2D eigenvalue weighted by Gasteiger charge is 2.17. The largest absolute Gasteiger partial charge is 0.451 e. The van der Waals surface area contributed by atoms with E-state index in [9.17, 15) is 14.4 Å². The number of carbonyl (C=O) groups is 3. The fourth-order valence-corrected chi connectivity index (χ4v) is 2.46. The highest BCUT2D eigenvalue weighted by atomic mass is 16.5. The Morgan fingerprint density at radius 3 is 2.52 bits per heavy atom. The topological polar surface area (TPSA) is 88.3 Å². The Labute approximate surface area is 146 Å². The van der Waals surface area contributed by atoms with Crippen molar-refractivity contribution in [2.75, 3.05) is 6.61 Å². The number of hydrogen-bond acceptors (Lipinski definition) is 4. The van der Waals surface area contributed by atoms with Crippen LogP contribution in [0.25, 0.3) is 0 Å². The predicted molar refractivity (Wildman–Crippen MR) is 93.3 cm³/mol. The van der Waals surface area contributed by atoms with E-state index in [1.165, 1.54) is 19.2 Å². The fraction of sp³-hybridized carbons (Fsp3) is 0.316. The highest BCUT2D eigenvalue weighted by molar-refractivity contribution is 5.97. The zero-order chi connectivity index (χ0) is 18.2. The number of aromatic amines is 1. The summed E-state index contributed by atoms with van der Waals surface area (Å²) in [6, 6.07) is 11.0. The molecule has 25 heavy (non-hydrogen) atoms. The van der Waals surface area contributed by atoms with E-state index in [2.05, 4.69) is 10.3 Å². The van der Waals surface area contributed by atoms with Crippen LogP contribution in [0.1, 0.15) is 59.1 Å². The van der Waals surface area contributed by atoms with Gasteiger partial charge in [-0.25, -0.2) is 4.79 Å². The summed E-state index contributed by atoms with van der Waals surface area (Å²) in [6.07, 6.45) is 3.14. The van der Waals surface area contributed by atoms with Gasteiger partial charge in [0.1, 0.15) is 5.69 Å². The Balaban J connectivity index is 1.90. The maximum atomic E-state index is 12.1. The quantitative estimate of drug-likeness (QED) is 0.570. The normalized spacial score (nSPS) is 11.6. The van der Waals surface area contributed by atoms with Crippen molar-refractivity contribution in [3.63, 3.8) is 0 Å². The number of benzene rings is 1. The Bertz CT molecular complexity index is 737. The summed E-state index contributed by atoms with van der Waals surface area (Å²) in [5.41, 5.74) is 1.55. The van der Waals surface area contributed by atoms with E-state index in [1.54, 1.807) is 0 Å². The van der Waals surface area contributed by atoms with Crippen molar-refractivity contribution >= 4 is 17.7 Å². The van der Waals surface area contributed by atoms with Crippen LogP contribution in [0.4, 0.5) is 0 Å². The van der Waals surface area contributed by atoms with Crippen LogP contribution in [-0.4, -0.2) is 29.3 Å². The number of aromatic nitrogens is 1. The summed E-state index contributed by atoms with van der Waals surface area (Å²) < 4.78 is 5.00. The molecule has 0 aliphatic rings. The van der Waals surface area contributed by atoms with E-state index < -0.39 is 5.97 Å². The molecule has 0 saturated carbocycles.